The molecule has 176 valence electrons. The average molecular weight is 540 g/mol. The summed E-state index contributed by atoms with van der Waals surface area (Å²) in [5.74, 6) is 1.35. The van der Waals surface area contributed by atoms with Gasteiger partial charge in [-0.25, -0.2) is 9.97 Å². The van der Waals surface area contributed by atoms with Crippen molar-refractivity contribution in [1.29, 1.82) is 0 Å². The van der Waals surface area contributed by atoms with E-state index >= 15 is 0 Å². The van der Waals surface area contributed by atoms with E-state index < -0.39 is 0 Å². The number of anilines is 1. The van der Waals surface area contributed by atoms with Crippen LogP contribution in [0.5, 0.6) is 0 Å². The first kappa shape index (κ1) is 27.5. The Balaban J connectivity index is 0.00000181. The van der Waals surface area contributed by atoms with E-state index in [2.05, 4.69) is 26.6 Å². The van der Waals surface area contributed by atoms with E-state index in [1.165, 1.54) is 18.4 Å². The Hall–Kier alpha value is -0.790. The maximum absolute atomic E-state index is 6.38. The maximum Gasteiger partial charge on any atom is 0.157 e. The molecule has 2 aliphatic rings. The molecule has 2 atom stereocenters. The molecule has 4 rings (SSSR count). The molecular formula is C22H28Cl5N5. The molecule has 1 aromatic carbocycles. The van der Waals surface area contributed by atoms with E-state index in [4.69, 9.17) is 39.8 Å². The molecular weight excluding hydrogens is 512 g/mol. The molecule has 1 saturated heterocycles. The van der Waals surface area contributed by atoms with E-state index in [0.29, 0.717) is 26.9 Å². The minimum atomic E-state index is -0.0790. The molecule has 0 bridgehead atoms. The predicted molar refractivity (Wildman–Crippen MR) is 140 cm³/mol. The fraction of sp³-hybridized carbons (Fsp3) is 0.455. The summed E-state index contributed by atoms with van der Waals surface area (Å²) in [4.78, 5) is 11.8. The third-order valence-corrected chi connectivity index (χ3v) is 6.68. The van der Waals surface area contributed by atoms with Gasteiger partial charge in [-0.3, -0.25) is 4.90 Å². The number of aromatic nitrogens is 2. The number of hydrogen-bond donors (Lipinski definition) is 2. The van der Waals surface area contributed by atoms with Gasteiger partial charge in [-0.1, -0.05) is 46.9 Å². The molecule has 1 aromatic heterocycles. The first-order chi connectivity index (χ1) is 14.5. The molecule has 0 spiro atoms. The van der Waals surface area contributed by atoms with E-state index in [-0.39, 0.29) is 30.9 Å². The van der Waals surface area contributed by atoms with Gasteiger partial charge in [0.25, 0.3) is 0 Å². The number of benzene rings is 1. The Morgan fingerprint density at radius 1 is 1.19 bits per heavy atom. The van der Waals surface area contributed by atoms with Crippen molar-refractivity contribution < 1.29 is 0 Å². The zero-order valence-corrected chi connectivity index (χ0v) is 21.7. The van der Waals surface area contributed by atoms with Gasteiger partial charge in [-0.05, 0) is 56.0 Å². The average Bonchev–Trinajstić information content (AvgIpc) is 2.76. The molecule has 0 saturated carbocycles. The number of piperidine rings is 1. The van der Waals surface area contributed by atoms with Crippen molar-refractivity contribution in [2.24, 2.45) is 0 Å². The van der Waals surface area contributed by atoms with Crippen LogP contribution in [0.2, 0.25) is 15.1 Å². The number of nitrogens with one attached hydrogen (secondary N) is 2. The van der Waals surface area contributed by atoms with Crippen molar-refractivity contribution >= 4 is 71.0 Å². The first-order valence-corrected chi connectivity index (χ1v) is 11.5. The number of hydrogen-bond acceptors (Lipinski definition) is 5. The van der Waals surface area contributed by atoms with Crippen molar-refractivity contribution in [2.75, 3.05) is 31.5 Å². The third kappa shape index (κ3) is 6.63. The quantitative estimate of drug-likeness (QED) is 0.467. The first-order valence-electron chi connectivity index (χ1n) is 10.4. The highest BCUT2D eigenvalue weighted by Gasteiger charge is 2.24. The smallest absolute Gasteiger partial charge is 0.157 e. The second kappa shape index (κ2) is 12.6. The summed E-state index contributed by atoms with van der Waals surface area (Å²) in [6.07, 6.45) is 7.39. The SMILES string of the molecule is CC(Nc1nc(C2=CCN(C3CCCNC3)CC2)ncc1Cl)c1ccc(Cl)cc1Cl.Cl.Cl. The normalized spacial score (nSPS) is 19.9. The topological polar surface area (TPSA) is 53.1 Å². The second-order valence-corrected chi connectivity index (χ2v) is 9.15. The van der Waals surface area contributed by atoms with Crippen LogP contribution in [0.15, 0.2) is 30.5 Å². The molecule has 0 aliphatic carbocycles. The summed E-state index contributed by atoms with van der Waals surface area (Å²) >= 11 is 18.7. The molecule has 2 N–H and O–H groups in total. The molecule has 1 fully saturated rings. The van der Waals surface area contributed by atoms with Crippen molar-refractivity contribution in [3.8, 4) is 0 Å². The van der Waals surface area contributed by atoms with Gasteiger partial charge in [0.1, 0.15) is 10.8 Å². The van der Waals surface area contributed by atoms with E-state index in [9.17, 15) is 0 Å². The number of rotatable bonds is 5. The van der Waals surface area contributed by atoms with Gasteiger partial charge in [-0.15, -0.1) is 24.8 Å². The molecule has 32 heavy (non-hydrogen) atoms. The van der Waals surface area contributed by atoms with Gasteiger partial charge in [0.15, 0.2) is 5.82 Å². The lowest BCUT2D eigenvalue weighted by atomic mass is 10.0. The molecule has 2 aromatic rings. The zero-order chi connectivity index (χ0) is 21.1. The zero-order valence-electron chi connectivity index (χ0n) is 17.8. The van der Waals surface area contributed by atoms with Crippen molar-refractivity contribution in [3.05, 3.63) is 56.9 Å². The Bertz CT molecular complexity index is 933. The van der Waals surface area contributed by atoms with Crippen LogP contribution in [0.25, 0.3) is 5.57 Å². The summed E-state index contributed by atoms with van der Waals surface area (Å²) in [5, 5.41) is 8.58. The van der Waals surface area contributed by atoms with Crippen LogP contribution in [0.4, 0.5) is 5.82 Å². The maximum atomic E-state index is 6.38. The van der Waals surface area contributed by atoms with Gasteiger partial charge in [0.05, 0.1) is 12.2 Å². The van der Waals surface area contributed by atoms with Crippen LogP contribution in [-0.4, -0.2) is 47.1 Å². The van der Waals surface area contributed by atoms with Crippen LogP contribution in [0.3, 0.4) is 0 Å². The third-order valence-electron chi connectivity index (χ3n) is 5.84. The fourth-order valence-corrected chi connectivity index (χ4v) is 4.84. The monoisotopic (exact) mass is 537 g/mol. The summed E-state index contributed by atoms with van der Waals surface area (Å²) in [6, 6.07) is 6.03. The highest BCUT2D eigenvalue weighted by Crippen LogP contribution is 2.31. The summed E-state index contributed by atoms with van der Waals surface area (Å²) in [6.45, 7) is 6.21. The Kier molecular flexibility index (Phi) is 10.8. The lowest BCUT2D eigenvalue weighted by Crippen LogP contribution is -2.47. The molecule has 2 aliphatic heterocycles. The highest BCUT2D eigenvalue weighted by molar-refractivity contribution is 6.35. The van der Waals surface area contributed by atoms with Crippen LogP contribution in [-0.2, 0) is 0 Å². The predicted octanol–water partition coefficient (Wildman–Crippen LogP) is 6.29. The van der Waals surface area contributed by atoms with Gasteiger partial charge in [-0.2, -0.15) is 0 Å². The molecule has 0 amide bonds. The van der Waals surface area contributed by atoms with E-state index in [0.717, 1.165) is 44.0 Å². The number of nitrogens with zero attached hydrogens (tertiary/aromatic N) is 3. The molecule has 0 radical (unpaired) electrons. The second-order valence-electron chi connectivity index (χ2n) is 7.90. The van der Waals surface area contributed by atoms with Crippen LogP contribution >= 0.6 is 59.6 Å². The highest BCUT2D eigenvalue weighted by atomic mass is 35.5. The lowest BCUT2D eigenvalue weighted by Gasteiger charge is -2.36. The van der Waals surface area contributed by atoms with Crippen molar-refractivity contribution in [1.82, 2.24) is 20.2 Å². The van der Waals surface area contributed by atoms with Crippen LogP contribution in [0.1, 0.15) is 43.6 Å². The van der Waals surface area contributed by atoms with Gasteiger partial charge in [0, 0.05) is 35.7 Å². The van der Waals surface area contributed by atoms with E-state index in [1.54, 1.807) is 12.3 Å². The fourth-order valence-electron chi connectivity index (χ4n) is 4.12. The standard InChI is InChI=1S/C22H26Cl3N5.2ClH/c1-14(18-5-4-16(23)11-19(18)24)28-22-20(25)13-27-21(29-22)15-6-9-30(10-7-15)17-3-2-8-26-12-17;;/h4-6,11,13-14,17,26H,2-3,7-10,12H2,1H3,(H,27,28,29);2*1H. The molecule has 3 heterocycles. The Morgan fingerprint density at radius 3 is 2.66 bits per heavy atom. The molecule has 10 heteroatoms. The summed E-state index contributed by atoms with van der Waals surface area (Å²) < 4.78 is 0. The van der Waals surface area contributed by atoms with E-state index in [1.807, 2.05) is 19.1 Å². The summed E-state index contributed by atoms with van der Waals surface area (Å²) in [5.41, 5.74) is 2.11. The Labute approximate surface area is 217 Å². The van der Waals surface area contributed by atoms with Crippen LogP contribution < -0.4 is 10.6 Å². The van der Waals surface area contributed by atoms with Gasteiger partial charge in [0.2, 0.25) is 0 Å². The van der Waals surface area contributed by atoms with Gasteiger partial charge >= 0.3 is 0 Å². The lowest BCUT2D eigenvalue weighted by molar-refractivity contribution is 0.182. The van der Waals surface area contributed by atoms with Crippen molar-refractivity contribution in [3.63, 3.8) is 0 Å². The van der Waals surface area contributed by atoms with Gasteiger partial charge < -0.3 is 10.6 Å². The minimum absolute atomic E-state index is 0. The summed E-state index contributed by atoms with van der Waals surface area (Å²) in [7, 11) is 0. The van der Waals surface area contributed by atoms with Crippen LogP contribution in [0, 0.1) is 0 Å². The largest absolute Gasteiger partial charge is 0.362 e. The Morgan fingerprint density at radius 2 is 2.00 bits per heavy atom. The van der Waals surface area contributed by atoms with Crippen molar-refractivity contribution in [2.45, 2.75) is 38.3 Å². The molecule has 5 nitrogen and oxygen atoms in total. The minimum Gasteiger partial charge on any atom is -0.362 e. The molecule has 2 unspecified atom stereocenters. The number of halogens is 5.